The standard InChI is InChI=1S/C21H26FN3O/c1-13(2)25-12-15-8-17(10-21(15)24-25)26-16-4-5-18(20(22)9-16)19-11-23-7-6-14(19)3/h4-7,9,11,13,15,17,21,24H,8,10,12H2,1-3H3. The summed E-state index contributed by atoms with van der Waals surface area (Å²) in [7, 11) is 0. The van der Waals surface area contributed by atoms with Crippen molar-refractivity contribution >= 4 is 0 Å². The second-order valence-electron chi connectivity index (χ2n) is 7.79. The molecule has 2 aliphatic rings. The van der Waals surface area contributed by atoms with Gasteiger partial charge in [-0.1, -0.05) is 0 Å². The number of halogens is 1. The average Bonchev–Trinajstić information content (AvgIpc) is 3.14. The molecule has 2 heterocycles. The van der Waals surface area contributed by atoms with Gasteiger partial charge >= 0.3 is 0 Å². The summed E-state index contributed by atoms with van der Waals surface area (Å²) in [5.41, 5.74) is 5.99. The molecule has 2 aromatic rings. The van der Waals surface area contributed by atoms with E-state index in [1.165, 1.54) is 6.07 Å². The Labute approximate surface area is 154 Å². The largest absolute Gasteiger partial charge is 0.490 e. The van der Waals surface area contributed by atoms with Gasteiger partial charge in [0.05, 0.1) is 0 Å². The Hall–Kier alpha value is -1.98. The van der Waals surface area contributed by atoms with Crippen LogP contribution in [-0.4, -0.2) is 34.7 Å². The highest BCUT2D eigenvalue weighted by Gasteiger charge is 2.42. The molecule has 4 rings (SSSR count). The van der Waals surface area contributed by atoms with Gasteiger partial charge in [-0.25, -0.2) is 9.40 Å². The van der Waals surface area contributed by atoms with Crippen LogP contribution in [0.1, 0.15) is 32.3 Å². The molecule has 4 nitrogen and oxygen atoms in total. The van der Waals surface area contributed by atoms with Gasteiger partial charge in [-0.3, -0.25) is 10.4 Å². The van der Waals surface area contributed by atoms with Crippen molar-refractivity contribution in [2.24, 2.45) is 5.92 Å². The van der Waals surface area contributed by atoms with Crippen LogP contribution in [-0.2, 0) is 0 Å². The molecule has 0 spiro atoms. The smallest absolute Gasteiger partial charge is 0.134 e. The number of benzene rings is 1. The van der Waals surface area contributed by atoms with Crippen LogP contribution in [0, 0.1) is 18.7 Å². The van der Waals surface area contributed by atoms with Gasteiger partial charge < -0.3 is 4.74 Å². The normalized spacial score (nSPS) is 25.7. The summed E-state index contributed by atoms with van der Waals surface area (Å²) in [5.74, 6) is 0.962. The predicted molar refractivity (Wildman–Crippen MR) is 100 cm³/mol. The molecule has 0 amide bonds. The van der Waals surface area contributed by atoms with Crippen LogP contribution < -0.4 is 10.2 Å². The predicted octanol–water partition coefficient (Wildman–Crippen LogP) is 3.95. The lowest BCUT2D eigenvalue weighted by molar-refractivity contribution is 0.145. The lowest BCUT2D eigenvalue weighted by Crippen LogP contribution is -2.41. The quantitative estimate of drug-likeness (QED) is 0.901. The first-order valence-electron chi connectivity index (χ1n) is 9.41. The third-order valence-electron chi connectivity index (χ3n) is 5.61. The number of fused-ring (bicyclic) bond motifs is 1. The topological polar surface area (TPSA) is 37.4 Å². The number of aryl methyl sites for hydroxylation is 1. The van der Waals surface area contributed by atoms with E-state index in [1.54, 1.807) is 18.5 Å². The van der Waals surface area contributed by atoms with Crippen molar-refractivity contribution in [1.82, 2.24) is 15.4 Å². The van der Waals surface area contributed by atoms with Crippen molar-refractivity contribution in [3.63, 3.8) is 0 Å². The van der Waals surface area contributed by atoms with Crippen LogP contribution in [0.15, 0.2) is 36.7 Å². The summed E-state index contributed by atoms with van der Waals surface area (Å²) in [4.78, 5) is 4.11. The molecule has 1 aromatic heterocycles. The number of hydrazine groups is 1. The van der Waals surface area contributed by atoms with Gasteiger partial charge in [0.15, 0.2) is 0 Å². The molecule has 1 saturated heterocycles. The van der Waals surface area contributed by atoms with E-state index in [1.807, 2.05) is 19.1 Å². The number of hydrogen-bond acceptors (Lipinski definition) is 4. The molecular weight excluding hydrogens is 329 g/mol. The van der Waals surface area contributed by atoms with E-state index in [0.29, 0.717) is 29.3 Å². The highest BCUT2D eigenvalue weighted by Crippen LogP contribution is 2.35. The minimum absolute atomic E-state index is 0.150. The summed E-state index contributed by atoms with van der Waals surface area (Å²) in [6.45, 7) is 7.44. The molecule has 0 bridgehead atoms. The van der Waals surface area contributed by atoms with E-state index >= 15 is 0 Å². The molecule has 1 N–H and O–H groups in total. The summed E-state index contributed by atoms with van der Waals surface area (Å²) >= 11 is 0. The van der Waals surface area contributed by atoms with Crippen LogP contribution in [0.5, 0.6) is 5.75 Å². The molecule has 2 fully saturated rings. The van der Waals surface area contributed by atoms with E-state index in [9.17, 15) is 4.39 Å². The summed E-state index contributed by atoms with van der Waals surface area (Å²) < 4.78 is 20.7. The molecule has 1 aromatic carbocycles. The van der Waals surface area contributed by atoms with Crippen LogP contribution >= 0.6 is 0 Å². The maximum absolute atomic E-state index is 14.6. The molecule has 1 saturated carbocycles. The fourth-order valence-corrected chi connectivity index (χ4v) is 4.13. The van der Waals surface area contributed by atoms with Gasteiger partial charge in [0.25, 0.3) is 0 Å². The lowest BCUT2D eigenvalue weighted by Gasteiger charge is -2.23. The summed E-state index contributed by atoms with van der Waals surface area (Å²) in [5, 5.41) is 2.32. The first kappa shape index (κ1) is 17.4. The first-order chi connectivity index (χ1) is 12.5. The van der Waals surface area contributed by atoms with E-state index in [-0.39, 0.29) is 11.9 Å². The van der Waals surface area contributed by atoms with Crippen molar-refractivity contribution in [2.75, 3.05) is 6.54 Å². The van der Waals surface area contributed by atoms with Crippen LogP contribution in [0.2, 0.25) is 0 Å². The summed E-state index contributed by atoms with van der Waals surface area (Å²) in [6, 6.07) is 8.05. The van der Waals surface area contributed by atoms with Crippen molar-refractivity contribution in [2.45, 2.75) is 51.8 Å². The Balaban J connectivity index is 1.43. The third kappa shape index (κ3) is 3.33. The molecule has 0 radical (unpaired) electrons. The Morgan fingerprint density at radius 2 is 2.08 bits per heavy atom. The molecular formula is C21H26FN3O. The Morgan fingerprint density at radius 3 is 2.77 bits per heavy atom. The van der Waals surface area contributed by atoms with Gasteiger partial charge in [0, 0.05) is 54.6 Å². The number of nitrogens with zero attached hydrogens (tertiary/aromatic N) is 2. The minimum atomic E-state index is -0.263. The monoisotopic (exact) mass is 355 g/mol. The first-order valence-corrected chi connectivity index (χ1v) is 9.41. The zero-order chi connectivity index (χ0) is 18.3. The van der Waals surface area contributed by atoms with Gasteiger partial charge in [-0.05, 0) is 56.9 Å². The molecule has 1 aliphatic heterocycles. The van der Waals surface area contributed by atoms with Crippen LogP contribution in [0.4, 0.5) is 4.39 Å². The maximum atomic E-state index is 14.6. The number of pyridine rings is 1. The summed E-state index contributed by atoms with van der Waals surface area (Å²) in [6.07, 6.45) is 5.57. The highest BCUT2D eigenvalue weighted by atomic mass is 19.1. The zero-order valence-corrected chi connectivity index (χ0v) is 15.6. The molecule has 138 valence electrons. The maximum Gasteiger partial charge on any atom is 0.134 e. The van der Waals surface area contributed by atoms with E-state index in [2.05, 4.69) is 29.3 Å². The number of nitrogens with one attached hydrogen (secondary N) is 1. The van der Waals surface area contributed by atoms with Crippen molar-refractivity contribution < 1.29 is 9.13 Å². The fraction of sp³-hybridized carbons (Fsp3) is 0.476. The second-order valence-corrected chi connectivity index (χ2v) is 7.79. The van der Waals surface area contributed by atoms with Crippen molar-refractivity contribution in [3.8, 4) is 16.9 Å². The molecule has 3 atom stereocenters. The third-order valence-corrected chi connectivity index (χ3v) is 5.61. The van der Waals surface area contributed by atoms with E-state index < -0.39 is 0 Å². The molecule has 3 unspecified atom stereocenters. The van der Waals surface area contributed by atoms with E-state index in [4.69, 9.17) is 4.74 Å². The Kier molecular flexibility index (Phi) is 4.67. The van der Waals surface area contributed by atoms with Crippen molar-refractivity contribution in [1.29, 1.82) is 0 Å². The van der Waals surface area contributed by atoms with Gasteiger partial charge in [-0.2, -0.15) is 0 Å². The molecule has 5 heteroatoms. The molecule has 1 aliphatic carbocycles. The number of rotatable bonds is 4. The van der Waals surface area contributed by atoms with Crippen LogP contribution in [0.3, 0.4) is 0 Å². The SMILES string of the molecule is Cc1ccncc1-c1ccc(OC2CC3CN(C(C)C)NC3C2)cc1F. The van der Waals surface area contributed by atoms with Gasteiger partial charge in [0.2, 0.25) is 0 Å². The number of hydrogen-bond donors (Lipinski definition) is 1. The van der Waals surface area contributed by atoms with Gasteiger partial charge in [-0.15, -0.1) is 0 Å². The lowest BCUT2D eigenvalue weighted by atomic mass is 10.0. The highest BCUT2D eigenvalue weighted by molar-refractivity contribution is 5.67. The van der Waals surface area contributed by atoms with Gasteiger partial charge in [0.1, 0.15) is 17.7 Å². The van der Waals surface area contributed by atoms with Crippen molar-refractivity contribution in [3.05, 3.63) is 48.0 Å². The Morgan fingerprint density at radius 1 is 1.23 bits per heavy atom. The fourth-order valence-electron chi connectivity index (χ4n) is 4.13. The number of aromatic nitrogens is 1. The Bertz CT molecular complexity index is 781. The van der Waals surface area contributed by atoms with Crippen LogP contribution in [0.25, 0.3) is 11.1 Å². The van der Waals surface area contributed by atoms with E-state index in [0.717, 1.165) is 30.5 Å². The second kappa shape index (κ2) is 6.97. The average molecular weight is 355 g/mol. The number of ether oxygens (including phenoxy) is 1. The minimum Gasteiger partial charge on any atom is -0.490 e. The zero-order valence-electron chi connectivity index (χ0n) is 15.6. The molecule has 26 heavy (non-hydrogen) atoms.